The molecule has 0 radical (unpaired) electrons. The summed E-state index contributed by atoms with van der Waals surface area (Å²) in [5, 5.41) is 3.60. The Labute approximate surface area is 108 Å². The van der Waals surface area contributed by atoms with Gasteiger partial charge in [0, 0.05) is 17.1 Å². The smallest absolute Gasteiger partial charge is 0.391 e. The van der Waals surface area contributed by atoms with Gasteiger partial charge in [0.15, 0.2) is 0 Å². The number of benzene rings is 1. The van der Waals surface area contributed by atoms with Crippen LogP contribution in [0.3, 0.4) is 0 Å². The first-order valence-corrected chi connectivity index (χ1v) is 5.83. The summed E-state index contributed by atoms with van der Waals surface area (Å²) in [6.07, 6.45) is -5.08. The lowest BCUT2D eigenvalue weighted by Crippen LogP contribution is -2.24. The Balaban J connectivity index is 2.15. The van der Waals surface area contributed by atoms with Crippen LogP contribution in [0.1, 0.15) is 13.3 Å². The minimum Gasteiger partial charge on any atom is -0.399 e. The lowest BCUT2D eigenvalue weighted by Gasteiger charge is -2.16. The largest absolute Gasteiger partial charge is 0.399 e. The second-order valence-electron chi connectivity index (χ2n) is 4.51. The molecule has 1 aromatic carbocycles. The predicted molar refractivity (Wildman–Crippen MR) is 69.9 cm³/mol. The molecule has 0 amide bonds. The fraction of sp³-hybridized carbons (Fsp3) is 0.308. The molecule has 0 bridgehead atoms. The molecule has 2 rings (SSSR count). The quantitative estimate of drug-likeness (QED) is 0.837. The third kappa shape index (κ3) is 3.74. The highest BCUT2D eigenvalue weighted by atomic mass is 19.4. The van der Waals surface area contributed by atoms with Crippen LogP contribution in [0.15, 0.2) is 30.3 Å². The van der Waals surface area contributed by atoms with Crippen LogP contribution in [0.2, 0.25) is 0 Å². The number of nitrogen functional groups attached to an aromatic ring is 1. The van der Waals surface area contributed by atoms with E-state index in [-0.39, 0.29) is 0 Å². The van der Waals surface area contributed by atoms with Crippen molar-refractivity contribution in [3.63, 3.8) is 0 Å². The molecular formula is C13H14F3N3. The standard InChI is InChI=1S/C13H14F3N3/c1-8(7-13(14,15)16)18-12-5-2-9-6-10(17)3-4-11(9)19-12/h2-6,8H,7,17H2,1H3,(H,18,19). The van der Waals surface area contributed by atoms with Crippen LogP contribution in [-0.2, 0) is 0 Å². The number of hydrogen-bond acceptors (Lipinski definition) is 3. The van der Waals surface area contributed by atoms with Gasteiger partial charge in [-0.05, 0) is 37.3 Å². The Kier molecular flexibility index (Phi) is 3.50. The molecule has 2 aromatic rings. The van der Waals surface area contributed by atoms with Gasteiger partial charge in [0.1, 0.15) is 5.82 Å². The molecule has 0 aliphatic carbocycles. The summed E-state index contributed by atoms with van der Waals surface area (Å²) in [5.74, 6) is 0.425. The van der Waals surface area contributed by atoms with Crippen molar-refractivity contribution in [2.75, 3.05) is 11.1 Å². The number of aromatic nitrogens is 1. The number of pyridine rings is 1. The average molecular weight is 269 g/mol. The Hall–Kier alpha value is -1.98. The van der Waals surface area contributed by atoms with Gasteiger partial charge in [0.25, 0.3) is 0 Å². The van der Waals surface area contributed by atoms with Gasteiger partial charge in [-0.15, -0.1) is 0 Å². The maximum absolute atomic E-state index is 12.2. The molecule has 0 saturated carbocycles. The van der Waals surface area contributed by atoms with Crippen molar-refractivity contribution in [2.45, 2.75) is 25.6 Å². The summed E-state index contributed by atoms with van der Waals surface area (Å²) in [6, 6.07) is 7.92. The van der Waals surface area contributed by atoms with Crippen LogP contribution in [0.4, 0.5) is 24.7 Å². The molecule has 3 N–H and O–H groups in total. The van der Waals surface area contributed by atoms with Gasteiger partial charge in [0.05, 0.1) is 11.9 Å². The molecule has 0 fully saturated rings. The summed E-state index contributed by atoms with van der Waals surface area (Å²) in [4.78, 5) is 4.25. The summed E-state index contributed by atoms with van der Waals surface area (Å²) < 4.78 is 36.7. The highest BCUT2D eigenvalue weighted by Crippen LogP contribution is 2.24. The Morgan fingerprint density at radius 3 is 2.68 bits per heavy atom. The first-order chi connectivity index (χ1) is 8.83. The number of nitrogens with two attached hydrogens (primary N) is 1. The first kappa shape index (κ1) is 13.5. The van der Waals surface area contributed by atoms with Gasteiger partial charge in [-0.2, -0.15) is 13.2 Å². The molecule has 3 nitrogen and oxygen atoms in total. The van der Waals surface area contributed by atoms with Crippen molar-refractivity contribution in [2.24, 2.45) is 0 Å². The van der Waals surface area contributed by atoms with E-state index in [9.17, 15) is 13.2 Å². The highest BCUT2D eigenvalue weighted by Gasteiger charge is 2.30. The van der Waals surface area contributed by atoms with Crippen LogP contribution in [0.25, 0.3) is 10.9 Å². The number of rotatable bonds is 3. The van der Waals surface area contributed by atoms with Crippen LogP contribution in [0, 0.1) is 0 Å². The summed E-state index contributed by atoms with van der Waals surface area (Å²) >= 11 is 0. The monoisotopic (exact) mass is 269 g/mol. The van der Waals surface area contributed by atoms with Crippen molar-refractivity contribution < 1.29 is 13.2 Å². The van der Waals surface area contributed by atoms with Crippen molar-refractivity contribution in [3.05, 3.63) is 30.3 Å². The van der Waals surface area contributed by atoms with Gasteiger partial charge in [0.2, 0.25) is 0 Å². The zero-order valence-corrected chi connectivity index (χ0v) is 10.3. The molecule has 0 aliphatic heterocycles. The SMILES string of the molecule is CC(CC(F)(F)F)Nc1ccc2cc(N)ccc2n1. The lowest BCUT2D eigenvalue weighted by molar-refractivity contribution is -0.136. The number of nitrogens with one attached hydrogen (secondary N) is 1. The predicted octanol–water partition coefficient (Wildman–Crippen LogP) is 3.57. The Bertz CT molecular complexity index is 581. The fourth-order valence-corrected chi connectivity index (χ4v) is 1.88. The molecule has 0 spiro atoms. The molecule has 19 heavy (non-hydrogen) atoms. The molecule has 1 heterocycles. The maximum Gasteiger partial charge on any atom is 0.391 e. The number of alkyl halides is 3. The molecule has 1 unspecified atom stereocenters. The van der Waals surface area contributed by atoms with Crippen LogP contribution >= 0.6 is 0 Å². The molecule has 102 valence electrons. The van der Waals surface area contributed by atoms with E-state index in [1.807, 2.05) is 0 Å². The summed E-state index contributed by atoms with van der Waals surface area (Å²) in [5.41, 5.74) is 6.96. The molecular weight excluding hydrogens is 255 g/mol. The van der Waals surface area contributed by atoms with Crippen molar-refractivity contribution in [1.29, 1.82) is 0 Å². The van der Waals surface area contributed by atoms with Crippen molar-refractivity contribution in [3.8, 4) is 0 Å². The zero-order valence-electron chi connectivity index (χ0n) is 10.3. The van der Waals surface area contributed by atoms with E-state index in [0.29, 0.717) is 17.0 Å². The fourth-order valence-electron chi connectivity index (χ4n) is 1.88. The van der Waals surface area contributed by atoms with Crippen LogP contribution < -0.4 is 11.1 Å². The second kappa shape index (κ2) is 4.95. The topological polar surface area (TPSA) is 50.9 Å². The summed E-state index contributed by atoms with van der Waals surface area (Å²) in [7, 11) is 0. The van der Waals surface area contributed by atoms with E-state index in [4.69, 9.17) is 5.73 Å². The number of fused-ring (bicyclic) bond motifs is 1. The molecule has 6 heteroatoms. The molecule has 0 aliphatic rings. The number of hydrogen-bond donors (Lipinski definition) is 2. The van der Waals surface area contributed by atoms with E-state index in [0.717, 1.165) is 5.39 Å². The van der Waals surface area contributed by atoms with E-state index in [1.165, 1.54) is 6.92 Å². The van der Waals surface area contributed by atoms with E-state index < -0.39 is 18.6 Å². The van der Waals surface area contributed by atoms with Gasteiger partial charge in [-0.25, -0.2) is 4.98 Å². The molecule has 1 aromatic heterocycles. The molecule has 0 saturated heterocycles. The van der Waals surface area contributed by atoms with Gasteiger partial charge in [-0.1, -0.05) is 0 Å². The van der Waals surface area contributed by atoms with Crippen molar-refractivity contribution in [1.82, 2.24) is 4.98 Å². The van der Waals surface area contributed by atoms with E-state index >= 15 is 0 Å². The minimum atomic E-state index is -4.18. The van der Waals surface area contributed by atoms with E-state index in [1.54, 1.807) is 30.3 Å². The normalized spacial score (nSPS) is 13.5. The van der Waals surface area contributed by atoms with Crippen molar-refractivity contribution >= 4 is 22.4 Å². The third-order valence-electron chi connectivity index (χ3n) is 2.65. The third-order valence-corrected chi connectivity index (χ3v) is 2.65. The maximum atomic E-state index is 12.2. The number of anilines is 2. The zero-order chi connectivity index (χ0) is 14.0. The highest BCUT2D eigenvalue weighted by molar-refractivity contribution is 5.83. The number of halogens is 3. The van der Waals surface area contributed by atoms with Crippen LogP contribution in [0.5, 0.6) is 0 Å². The van der Waals surface area contributed by atoms with E-state index in [2.05, 4.69) is 10.3 Å². The summed E-state index contributed by atoms with van der Waals surface area (Å²) in [6.45, 7) is 1.47. The Morgan fingerprint density at radius 1 is 1.26 bits per heavy atom. The molecule has 1 atom stereocenters. The lowest BCUT2D eigenvalue weighted by atomic mass is 10.2. The minimum absolute atomic E-state index is 0.425. The number of nitrogens with zero attached hydrogens (tertiary/aromatic N) is 1. The average Bonchev–Trinajstić information content (AvgIpc) is 2.26. The Morgan fingerprint density at radius 2 is 2.00 bits per heavy atom. The van der Waals surface area contributed by atoms with Crippen LogP contribution in [-0.4, -0.2) is 17.2 Å². The van der Waals surface area contributed by atoms with Gasteiger partial charge >= 0.3 is 6.18 Å². The second-order valence-corrected chi connectivity index (χ2v) is 4.51. The van der Waals surface area contributed by atoms with Gasteiger partial charge < -0.3 is 11.1 Å². The van der Waals surface area contributed by atoms with Gasteiger partial charge in [-0.3, -0.25) is 0 Å². The first-order valence-electron chi connectivity index (χ1n) is 5.83.